The van der Waals surface area contributed by atoms with Crippen molar-refractivity contribution in [1.29, 1.82) is 0 Å². The van der Waals surface area contributed by atoms with Gasteiger partial charge >= 0.3 is 11.9 Å². The fourth-order valence-corrected chi connectivity index (χ4v) is 2.65. The Morgan fingerprint density at radius 2 is 1.89 bits per heavy atom. The number of halogens is 3. The molecule has 7 nitrogen and oxygen atoms in total. The van der Waals surface area contributed by atoms with Crippen LogP contribution in [0.5, 0.6) is 0 Å². The van der Waals surface area contributed by atoms with E-state index < -0.39 is 35.6 Å². The summed E-state index contributed by atoms with van der Waals surface area (Å²) in [5, 5.41) is 2.46. The van der Waals surface area contributed by atoms with Crippen LogP contribution in [0.25, 0.3) is 11.0 Å². The number of aromatic nitrogens is 3. The smallest absolute Gasteiger partial charge is 0.355 e. The van der Waals surface area contributed by atoms with Crippen molar-refractivity contribution in [3.8, 4) is 0 Å². The highest BCUT2D eigenvalue weighted by Gasteiger charge is 2.33. The highest BCUT2D eigenvalue weighted by atomic mass is 19.4. The quantitative estimate of drug-likeness (QED) is 0.736. The Bertz CT molecular complexity index is 947. The van der Waals surface area contributed by atoms with Crippen molar-refractivity contribution in [2.45, 2.75) is 45.3 Å². The fourth-order valence-electron chi connectivity index (χ4n) is 2.65. The summed E-state index contributed by atoms with van der Waals surface area (Å²) in [6.45, 7) is 1.99. The van der Waals surface area contributed by atoms with Crippen molar-refractivity contribution in [3.05, 3.63) is 38.7 Å². The summed E-state index contributed by atoms with van der Waals surface area (Å²) in [7, 11) is 1.20. The molecule has 0 fully saturated rings. The Hall–Kier alpha value is -2.65. The summed E-state index contributed by atoms with van der Waals surface area (Å²) in [4.78, 5) is 40.2. The van der Waals surface area contributed by atoms with E-state index in [4.69, 9.17) is 0 Å². The van der Waals surface area contributed by atoms with Crippen molar-refractivity contribution in [2.75, 3.05) is 6.54 Å². The Morgan fingerprint density at radius 1 is 1.19 bits per heavy atom. The van der Waals surface area contributed by atoms with Crippen LogP contribution >= 0.6 is 0 Å². The number of amides is 1. The molecule has 1 amide bonds. The summed E-state index contributed by atoms with van der Waals surface area (Å²) in [5.41, 5.74) is -3.33. The average molecular weight is 386 g/mol. The molecule has 2 aromatic heterocycles. The minimum absolute atomic E-state index is 0.166. The van der Waals surface area contributed by atoms with Crippen LogP contribution < -0.4 is 16.6 Å². The number of hydrogen-bond donors (Lipinski definition) is 1. The second-order valence-electron chi connectivity index (χ2n) is 6.21. The zero-order chi connectivity index (χ0) is 20.2. The van der Waals surface area contributed by atoms with Gasteiger partial charge in [0, 0.05) is 13.6 Å². The minimum atomic E-state index is -4.70. The number of unbranched alkanes of at least 4 members (excludes halogenated alkanes) is 3. The van der Waals surface area contributed by atoms with Crippen molar-refractivity contribution in [3.63, 3.8) is 0 Å². The monoisotopic (exact) mass is 386 g/mol. The Balaban J connectivity index is 2.30. The van der Waals surface area contributed by atoms with Crippen LogP contribution in [0.2, 0.25) is 0 Å². The normalized spacial score (nSPS) is 11.7. The van der Waals surface area contributed by atoms with Gasteiger partial charge in [-0.3, -0.25) is 18.7 Å². The molecule has 0 aliphatic rings. The zero-order valence-electron chi connectivity index (χ0n) is 15.1. The maximum absolute atomic E-state index is 12.8. The molecular weight excluding hydrogens is 365 g/mol. The van der Waals surface area contributed by atoms with Gasteiger partial charge in [-0.05, 0) is 18.6 Å². The van der Waals surface area contributed by atoms with Gasteiger partial charge in [-0.25, -0.2) is 9.78 Å². The summed E-state index contributed by atoms with van der Waals surface area (Å²) in [5.74, 6) is -0.509. The SMILES string of the molecule is CCCCCCNC(=O)Cn1c(=O)c2ccc(C(F)(F)F)nc2n(C)c1=O. The molecule has 0 bridgehead atoms. The molecule has 0 aromatic carbocycles. The van der Waals surface area contributed by atoms with Gasteiger partial charge in [0.15, 0.2) is 0 Å². The predicted molar refractivity (Wildman–Crippen MR) is 93.4 cm³/mol. The third-order valence-electron chi connectivity index (χ3n) is 4.13. The number of nitrogens with zero attached hydrogens (tertiary/aromatic N) is 3. The van der Waals surface area contributed by atoms with Crippen molar-refractivity contribution < 1.29 is 18.0 Å². The second kappa shape index (κ2) is 8.36. The van der Waals surface area contributed by atoms with E-state index in [-0.39, 0.29) is 11.0 Å². The Labute approximate surface area is 152 Å². The van der Waals surface area contributed by atoms with Gasteiger partial charge < -0.3 is 5.32 Å². The third kappa shape index (κ3) is 4.75. The van der Waals surface area contributed by atoms with E-state index in [1.165, 1.54) is 7.05 Å². The maximum atomic E-state index is 12.8. The van der Waals surface area contributed by atoms with Gasteiger partial charge in [0.25, 0.3) is 5.56 Å². The first-order valence-corrected chi connectivity index (χ1v) is 8.61. The van der Waals surface area contributed by atoms with Gasteiger partial charge in [0.1, 0.15) is 17.9 Å². The molecule has 0 saturated carbocycles. The van der Waals surface area contributed by atoms with E-state index in [0.717, 1.165) is 36.3 Å². The van der Waals surface area contributed by atoms with Gasteiger partial charge in [-0.15, -0.1) is 0 Å². The van der Waals surface area contributed by atoms with E-state index in [0.29, 0.717) is 17.2 Å². The summed E-state index contributed by atoms with van der Waals surface area (Å²) in [6.07, 6.45) is -0.846. The first-order chi connectivity index (χ1) is 12.7. The number of alkyl halides is 3. The number of fused-ring (bicyclic) bond motifs is 1. The number of nitrogens with one attached hydrogen (secondary N) is 1. The molecule has 0 aliphatic carbocycles. The number of pyridine rings is 1. The number of aryl methyl sites for hydroxylation is 1. The average Bonchev–Trinajstić information content (AvgIpc) is 2.62. The largest absolute Gasteiger partial charge is 0.433 e. The highest BCUT2D eigenvalue weighted by Crippen LogP contribution is 2.28. The summed E-state index contributed by atoms with van der Waals surface area (Å²) < 4.78 is 40.0. The third-order valence-corrected chi connectivity index (χ3v) is 4.13. The zero-order valence-corrected chi connectivity index (χ0v) is 15.1. The molecule has 0 spiro atoms. The van der Waals surface area contributed by atoms with Crippen LogP contribution in [0.1, 0.15) is 38.3 Å². The van der Waals surface area contributed by atoms with Crippen molar-refractivity contribution >= 4 is 16.9 Å². The van der Waals surface area contributed by atoms with E-state index in [1.54, 1.807) is 0 Å². The summed E-state index contributed by atoms with van der Waals surface area (Å²) >= 11 is 0. The maximum Gasteiger partial charge on any atom is 0.433 e. The lowest BCUT2D eigenvalue weighted by Crippen LogP contribution is -2.43. The number of hydrogen-bond acceptors (Lipinski definition) is 4. The molecule has 2 heterocycles. The van der Waals surface area contributed by atoms with Crippen LogP contribution in [0.4, 0.5) is 13.2 Å². The fraction of sp³-hybridized carbons (Fsp3) is 0.529. The Kier molecular flexibility index (Phi) is 6.40. The molecule has 1 N–H and O–H groups in total. The first-order valence-electron chi connectivity index (χ1n) is 8.61. The molecule has 0 unspecified atom stereocenters. The van der Waals surface area contributed by atoms with Gasteiger partial charge in [-0.2, -0.15) is 13.2 Å². The minimum Gasteiger partial charge on any atom is -0.355 e. The molecule has 2 rings (SSSR count). The molecule has 0 saturated heterocycles. The van der Waals surface area contributed by atoms with Crippen LogP contribution in [-0.4, -0.2) is 26.6 Å². The number of carbonyl (C=O) groups excluding carboxylic acids is 1. The number of rotatable bonds is 7. The lowest BCUT2D eigenvalue weighted by atomic mass is 10.2. The number of carbonyl (C=O) groups is 1. The van der Waals surface area contributed by atoms with Crippen molar-refractivity contribution in [2.24, 2.45) is 7.05 Å². The molecule has 2 aromatic rings. The topological polar surface area (TPSA) is 86.0 Å². The first kappa shape index (κ1) is 20.7. The van der Waals surface area contributed by atoms with E-state index in [1.807, 2.05) is 0 Å². The van der Waals surface area contributed by atoms with Gasteiger partial charge in [-0.1, -0.05) is 26.2 Å². The molecule has 0 radical (unpaired) electrons. The van der Waals surface area contributed by atoms with Crippen LogP contribution in [-0.2, 0) is 24.6 Å². The Morgan fingerprint density at radius 3 is 2.52 bits per heavy atom. The molecule has 0 atom stereocenters. The second-order valence-corrected chi connectivity index (χ2v) is 6.21. The molecule has 148 valence electrons. The van der Waals surface area contributed by atoms with Crippen LogP contribution in [0, 0.1) is 0 Å². The van der Waals surface area contributed by atoms with E-state index in [9.17, 15) is 27.6 Å². The summed E-state index contributed by atoms with van der Waals surface area (Å²) in [6, 6.07) is 1.64. The van der Waals surface area contributed by atoms with Crippen LogP contribution in [0.3, 0.4) is 0 Å². The highest BCUT2D eigenvalue weighted by molar-refractivity contribution is 5.77. The van der Waals surface area contributed by atoms with E-state index in [2.05, 4.69) is 17.2 Å². The van der Waals surface area contributed by atoms with Gasteiger partial charge in [0.05, 0.1) is 5.39 Å². The lowest BCUT2D eigenvalue weighted by Gasteiger charge is -2.12. The van der Waals surface area contributed by atoms with E-state index >= 15 is 0 Å². The molecule has 27 heavy (non-hydrogen) atoms. The molecule has 0 aliphatic heterocycles. The molecule has 10 heteroatoms. The predicted octanol–water partition coefficient (Wildman–Crippen LogP) is 1.81. The standard InChI is InChI=1S/C17H21F3N4O3/c1-3-4-5-6-9-21-13(25)10-24-15(26)11-7-8-12(17(18,19)20)22-14(11)23(2)16(24)27/h7-8H,3-6,9-10H2,1-2H3,(H,21,25). The van der Waals surface area contributed by atoms with Crippen LogP contribution in [0.15, 0.2) is 21.7 Å². The lowest BCUT2D eigenvalue weighted by molar-refractivity contribution is -0.141. The van der Waals surface area contributed by atoms with Crippen molar-refractivity contribution in [1.82, 2.24) is 19.4 Å². The van der Waals surface area contributed by atoms with Gasteiger partial charge in [0.2, 0.25) is 5.91 Å². The molecular formula is C17H21F3N4O3.